The van der Waals surface area contributed by atoms with Crippen LogP contribution in [0.15, 0.2) is 48.9 Å². The predicted molar refractivity (Wildman–Crippen MR) is 196 cm³/mol. The van der Waals surface area contributed by atoms with Crippen molar-refractivity contribution in [1.82, 2.24) is 29.6 Å². The van der Waals surface area contributed by atoms with E-state index in [9.17, 15) is 14.8 Å². The third-order valence-corrected chi connectivity index (χ3v) is 11.5. The molecule has 0 amide bonds. The van der Waals surface area contributed by atoms with E-state index in [2.05, 4.69) is 25.4 Å². The number of aromatic hydroxyl groups is 1. The minimum atomic E-state index is -5.42. The van der Waals surface area contributed by atoms with Crippen LogP contribution in [0.25, 0.3) is 32.1 Å². The van der Waals surface area contributed by atoms with Crippen molar-refractivity contribution in [1.29, 1.82) is 5.26 Å². The van der Waals surface area contributed by atoms with Gasteiger partial charge in [0.15, 0.2) is 5.82 Å². The Balaban J connectivity index is 1.36. The molecule has 12 nitrogen and oxygen atoms in total. The number of ether oxygens (including phenoxy) is 1. The van der Waals surface area contributed by atoms with Gasteiger partial charge in [-0.15, -0.1) is 11.3 Å². The number of benzene rings is 2. The fourth-order valence-electron chi connectivity index (χ4n) is 8.04. The molecule has 4 aromatic heterocycles. The molecule has 6 heterocycles. The van der Waals surface area contributed by atoms with Gasteiger partial charge in [0.25, 0.3) is 0 Å². The molecule has 6 aromatic rings. The number of thiophene rings is 1. The maximum Gasteiger partial charge on any atom is 0.420 e. The Bertz CT molecular complexity index is 2520. The highest BCUT2D eigenvalue weighted by Gasteiger charge is 2.49. The van der Waals surface area contributed by atoms with E-state index in [4.69, 9.17) is 16.2 Å². The molecule has 2 aliphatic rings. The van der Waals surface area contributed by atoms with E-state index in [1.165, 1.54) is 6.20 Å². The summed E-state index contributed by atoms with van der Waals surface area (Å²) in [7, 11) is 0. The topological polar surface area (TPSA) is 177 Å². The summed E-state index contributed by atoms with van der Waals surface area (Å²) < 4.78 is 100. The lowest BCUT2D eigenvalue weighted by Crippen LogP contribution is -2.43. The van der Waals surface area contributed by atoms with Gasteiger partial charge in [-0.25, -0.2) is 18.2 Å². The first-order valence-electron chi connectivity index (χ1n) is 17.5. The minimum absolute atomic E-state index is 0.0834. The molecule has 6 N–H and O–H groups in total. The van der Waals surface area contributed by atoms with Crippen LogP contribution in [-0.2, 0) is 12.7 Å². The second-order valence-electron chi connectivity index (χ2n) is 13.8. The fourth-order valence-corrected chi connectivity index (χ4v) is 8.99. The number of nitriles is 1. The van der Waals surface area contributed by atoms with E-state index < -0.39 is 80.7 Å². The largest absolute Gasteiger partial charge is 0.506 e. The van der Waals surface area contributed by atoms with Gasteiger partial charge in [-0.3, -0.25) is 9.58 Å². The van der Waals surface area contributed by atoms with E-state index in [0.29, 0.717) is 29.9 Å². The number of nitrogen functional groups attached to an aromatic ring is 2. The van der Waals surface area contributed by atoms with Crippen molar-refractivity contribution < 1.29 is 36.2 Å². The van der Waals surface area contributed by atoms with Crippen molar-refractivity contribution >= 4 is 49.0 Å². The van der Waals surface area contributed by atoms with Crippen molar-refractivity contribution in [2.24, 2.45) is 0 Å². The standard InChI is InChI=1S/C37H32F6N10O2S/c38-18-14-36(8-2-11-52(36)16-18)17-55-35-50-29-26(34(51-35)49-23(7-13-53-12-3-10-48-53)19-4-1-9-47-32(19)45)30(54)27(37(41,42)43)25(28(29)40)20-5-6-22(39)31-24(20)21(15-44)33(46)56-31/h1,3-6,9-10,12,18,23,54H,2,7-8,11,13-14,16-17,46H2,(H2,45,47)(H,49,50,51)/t18-,23-,36+/m1/s1. The van der Waals surface area contributed by atoms with Gasteiger partial charge in [-0.05, 0) is 49.6 Å². The van der Waals surface area contributed by atoms with Crippen LogP contribution in [0, 0.1) is 23.0 Å². The number of nitrogens with zero attached hydrogens (tertiary/aromatic N) is 7. The predicted octanol–water partition coefficient (Wildman–Crippen LogP) is 7.34. The average molecular weight is 795 g/mol. The first-order valence-corrected chi connectivity index (χ1v) is 18.3. The summed E-state index contributed by atoms with van der Waals surface area (Å²) in [5.74, 6) is -4.27. The number of nitrogens with one attached hydrogen (secondary N) is 1. The van der Waals surface area contributed by atoms with Crippen LogP contribution in [0.2, 0.25) is 0 Å². The van der Waals surface area contributed by atoms with Crippen molar-refractivity contribution in [3.8, 4) is 29.0 Å². The summed E-state index contributed by atoms with van der Waals surface area (Å²) in [6.07, 6.45) is -0.0501. The molecule has 0 aliphatic carbocycles. The van der Waals surface area contributed by atoms with Crippen LogP contribution >= 0.6 is 11.3 Å². The molecule has 3 atom stereocenters. The van der Waals surface area contributed by atoms with Crippen LogP contribution in [-0.4, -0.2) is 66.1 Å². The van der Waals surface area contributed by atoms with Crippen LogP contribution in [0.3, 0.4) is 0 Å². The number of pyridine rings is 1. The van der Waals surface area contributed by atoms with Gasteiger partial charge < -0.3 is 26.6 Å². The van der Waals surface area contributed by atoms with E-state index in [0.717, 1.165) is 18.6 Å². The Morgan fingerprint density at radius 2 is 1.96 bits per heavy atom. The van der Waals surface area contributed by atoms with Crippen molar-refractivity contribution in [3.05, 3.63) is 77.2 Å². The Morgan fingerprint density at radius 3 is 2.70 bits per heavy atom. The maximum absolute atomic E-state index is 17.3. The number of aryl methyl sites for hydroxylation is 1. The summed E-state index contributed by atoms with van der Waals surface area (Å²) in [5.41, 5.74) is 7.22. The lowest BCUT2D eigenvalue weighted by molar-refractivity contribution is -0.138. The molecule has 2 saturated heterocycles. The number of phenols is 1. The van der Waals surface area contributed by atoms with Crippen LogP contribution in [0.4, 0.5) is 43.0 Å². The number of anilines is 3. The van der Waals surface area contributed by atoms with Gasteiger partial charge in [-0.1, -0.05) is 12.1 Å². The summed E-state index contributed by atoms with van der Waals surface area (Å²) in [4.78, 5) is 14.8. The number of hydrogen-bond acceptors (Lipinski definition) is 12. The van der Waals surface area contributed by atoms with E-state index in [1.54, 1.807) is 41.3 Å². The molecule has 2 fully saturated rings. The third kappa shape index (κ3) is 6.31. The van der Waals surface area contributed by atoms with E-state index >= 15 is 22.0 Å². The zero-order valence-electron chi connectivity index (χ0n) is 29.2. The first-order chi connectivity index (χ1) is 26.8. The van der Waals surface area contributed by atoms with E-state index in [-0.39, 0.29) is 59.0 Å². The third-order valence-electron chi connectivity index (χ3n) is 10.5. The molecule has 0 radical (unpaired) electrons. The van der Waals surface area contributed by atoms with Gasteiger partial charge in [0.2, 0.25) is 0 Å². The Kier molecular flexibility index (Phi) is 9.28. The molecule has 2 aromatic carbocycles. The average Bonchev–Trinajstić information content (AvgIpc) is 3.94. The maximum atomic E-state index is 17.3. The molecule has 56 heavy (non-hydrogen) atoms. The normalized spacial score (nSPS) is 19.1. The Hall–Kier alpha value is -5.87. The number of fused-ring (bicyclic) bond motifs is 3. The molecule has 2 aliphatic heterocycles. The second-order valence-corrected chi connectivity index (χ2v) is 14.9. The van der Waals surface area contributed by atoms with Gasteiger partial charge >= 0.3 is 12.2 Å². The highest BCUT2D eigenvalue weighted by atomic mass is 32.1. The summed E-state index contributed by atoms with van der Waals surface area (Å²) in [5, 5.41) is 27.6. The van der Waals surface area contributed by atoms with Crippen LogP contribution in [0.1, 0.15) is 48.4 Å². The lowest BCUT2D eigenvalue weighted by Gasteiger charge is -2.31. The summed E-state index contributed by atoms with van der Waals surface area (Å²) in [6, 6.07) is 7.12. The van der Waals surface area contributed by atoms with Gasteiger partial charge in [0, 0.05) is 54.6 Å². The van der Waals surface area contributed by atoms with Crippen LogP contribution in [0.5, 0.6) is 11.8 Å². The van der Waals surface area contributed by atoms with Crippen molar-refractivity contribution in [2.45, 2.75) is 56.2 Å². The van der Waals surface area contributed by atoms with Crippen molar-refractivity contribution in [2.75, 3.05) is 36.5 Å². The van der Waals surface area contributed by atoms with Gasteiger partial charge in [0.05, 0.1) is 27.2 Å². The van der Waals surface area contributed by atoms with Crippen LogP contribution < -0.4 is 21.5 Å². The molecular weight excluding hydrogens is 763 g/mol. The van der Waals surface area contributed by atoms with E-state index in [1.807, 2.05) is 4.90 Å². The first kappa shape index (κ1) is 37.1. The lowest BCUT2D eigenvalue weighted by atomic mass is 9.91. The number of rotatable bonds is 10. The fraction of sp³-hybridized carbons (Fsp3) is 0.324. The molecular formula is C37H32F6N10O2S. The molecule has 0 spiro atoms. The highest BCUT2D eigenvalue weighted by Crippen LogP contribution is 2.52. The van der Waals surface area contributed by atoms with Crippen molar-refractivity contribution in [3.63, 3.8) is 0 Å². The molecule has 8 rings (SSSR count). The number of alkyl halides is 4. The molecule has 19 heteroatoms. The number of nitrogens with two attached hydrogens (primary N) is 2. The molecule has 290 valence electrons. The van der Waals surface area contributed by atoms with Gasteiger partial charge in [-0.2, -0.15) is 33.5 Å². The zero-order chi connectivity index (χ0) is 39.5. The zero-order valence-corrected chi connectivity index (χ0v) is 30.1. The number of halogens is 6. The molecule has 0 bridgehead atoms. The molecule has 0 saturated carbocycles. The monoisotopic (exact) mass is 794 g/mol. The number of phenolic OH excluding ortho intramolecular Hbond substituents is 1. The smallest absolute Gasteiger partial charge is 0.420 e. The Morgan fingerprint density at radius 1 is 1.14 bits per heavy atom. The SMILES string of the molecule is N#Cc1c(N)sc2c(F)ccc(-c3c(C(F)(F)F)c(O)c4c(N[C@H](CCn5cccn5)c5cccnc5N)nc(OC[C@@]56CCCN5C[C@H](F)C6)nc4c3F)c12. The van der Waals surface area contributed by atoms with Gasteiger partial charge in [0.1, 0.15) is 58.1 Å². The number of hydrogen-bond donors (Lipinski definition) is 4. The quantitative estimate of drug-likeness (QED) is 0.102. The highest BCUT2D eigenvalue weighted by molar-refractivity contribution is 7.23. The Labute approximate surface area is 318 Å². The number of aromatic nitrogens is 5. The summed E-state index contributed by atoms with van der Waals surface area (Å²) in [6.45, 7) is 0.999. The second kappa shape index (κ2) is 14.0. The molecule has 0 unspecified atom stereocenters. The minimum Gasteiger partial charge on any atom is -0.506 e. The summed E-state index contributed by atoms with van der Waals surface area (Å²) >= 11 is 0.612.